The lowest BCUT2D eigenvalue weighted by Gasteiger charge is -2.08. The highest BCUT2D eigenvalue weighted by Gasteiger charge is 2.38. The number of carboxylic acids is 1. The Labute approximate surface area is 94.1 Å². The molecule has 0 aliphatic carbocycles. The van der Waals surface area contributed by atoms with Gasteiger partial charge < -0.3 is 10.4 Å². The summed E-state index contributed by atoms with van der Waals surface area (Å²) in [6, 6.07) is 5.30. The number of rotatable bonds is 3. The predicted molar refractivity (Wildman–Crippen MR) is 51.3 cm³/mol. The van der Waals surface area contributed by atoms with Crippen LogP contribution in [0.1, 0.15) is 15.9 Å². The molecule has 0 radical (unpaired) electrons. The van der Waals surface area contributed by atoms with Crippen molar-refractivity contribution in [2.45, 2.75) is 12.7 Å². The molecular formula is C10H8F3NO3. The number of carbonyl (C=O) groups is 2. The lowest BCUT2D eigenvalue weighted by atomic mass is 10.1. The van der Waals surface area contributed by atoms with Gasteiger partial charge in [0.25, 0.3) is 0 Å². The molecule has 0 saturated carbocycles. The van der Waals surface area contributed by atoms with Crippen LogP contribution in [0.2, 0.25) is 0 Å². The molecule has 0 bridgehead atoms. The summed E-state index contributed by atoms with van der Waals surface area (Å²) in [6.07, 6.45) is -4.94. The van der Waals surface area contributed by atoms with Gasteiger partial charge in [-0.25, -0.2) is 4.79 Å². The molecule has 0 unspecified atom stereocenters. The molecule has 0 spiro atoms. The second-order valence-corrected chi connectivity index (χ2v) is 3.19. The molecule has 4 nitrogen and oxygen atoms in total. The third-order valence-corrected chi connectivity index (χ3v) is 1.88. The third-order valence-electron chi connectivity index (χ3n) is 1.88. The summed E-state index contributed by atoms with van der Waals surface area (Å²) in [5.74, 6) is -3.24. The lowest BCUT2D eigenvalue weighted by Crippen LogP contribution is -2.36. The van der Waals surface area contributed by atoms with Gasteiger partial charge in [-0.15, -0.1) is 0 Å². The summed E-state index contributed by atoms with van der Waals surface area (Å²) in [7, 11) is 0. The Morgan fingerprint density at radius 3 is 2.47 bits per heavy atom. The van der Waals surface area contributed by atoms with E-state index in [0.29, 0.717) is 0 Å². The number of hydrogen-bond donors (Lipinski definition) is 2. The molecule has 17 heavy (non-hydrogen) atoms. The number of carbonyl (C=O) groups excluding carboxylic acids is 1. The van der Waals surface area contributed by atoms with E-state index >= 15 is 0 Å². The highest BCUT2D eigenvalue weighted by molar-refractivity contribution is 5.87. The monoisotopic (exact) mass is 247 g/mol. The number of aromatic carboxylic acids is 1. The number of carboxylic acid groups (broad SMARTS) is 1. The standard InChI is InChI=1S/C10H8F3NO3/c11-10(12,13)9(17)14-5-6-2-1-3-7(4-6)8(15)16/h1-4H,5H2,(H,14,17)(H,15,16). The van der Waals surface area contributed by atoms with Crippen molar-refractivity contribution < 1.29 is 27.9 Å². The molecule has 7 heteroatoms. The Morgan fingerprint density at radius 2 is 1.94 bits per heavy atom. The molecule has 2 N–H and O–H groups in total. The van der Waals surface area contributed by atoms with E-state index in [0.717, 1.165) is 0 Å². The van der Waals surface area contributed by atoms with Crippen molar-refractivity contribution in [2.75, 3.05) is 0 Å². The molecule has 1 amide bonds. The number of amides is 1. The number of halogens is 3. The van der Waals surface area contributed by atoms with Gasteiger partial charge in [0, 0.05) is 6.54 Å². The minimum absolute atomic E-state index is 0.0521. The van der Waals surface area contributed by atoms with Gasteiger partial charge in [0.2, 0.25) is 0 Å². The smallest absolute Gasteiger partial charge is 0.471 e. The largest absolute Gasteiger partial charge is 0.478 e. The fourth-order valence-electron chi connectivity index (χ4n) is 1.10. The van der Waals surface area contributed by atoms with E-state index in [9.17, 15) is 22.8 Å². The second-order valence-electron chi connectivity index (χ2n) is 3.19. The first-order chi connectivity index (χ1) is 7.80. The van der Waals surface area contributed by atoms with Gasteiger partial charge in [-0.3, -0.25) is 4.79 Å². The zero-order valence-corrected chi connectivity index (χ0v) is 8.41. The van der Waals surface area contributed by atoms with Crippen LogP contribution in [0.3, 0.4) is 0 Å². The molecule has 1 rings (SSSR count). The highest BCUT2D eigenvalue weighted by Crippen LogP contribution is 2.14. The van der Waals surface area contributed by atoms with Crippen molar-refractivity contribution >= 4 is 11.9 Å². The van der Waals surface area contributed by atoms with Crippen molar-refractivity contribution in [3.63, 3.8) is 0 Å². The summed E-state index contributed by atoms with van der Waals surface area (Å²) < 4.78 is 35.6. The van der Waals surface area contributed by atoms with Crippen LogP contribution < -0.4 is 5.32 Å². The minimum Gasteiger partial charge on any atom is -0.478 e. The number of hydrogen-bond acceptors (Lipinski definition) is 2. The number of benzene rings is 1. The van der Waals surface area contributed by atoms with E-state index in [1.165, 1.54) is 24.3 Å². The van der Waals surface area contributed by atoms with Crippen LogP contribution in [0.15, 0.2) is 24.3 Å². The summed E-state index contributed by atoms with van der Waals surface area (Å²) in [5, 5.41) is 10.3. The Kier molecular flexibility index (Phi) is 3.72. The summed E-state index contributed by atoms with van der Waals surface area (Å²) in [5.41, 5.74) is 0.228. The normalized spacial score (nSPS) is 11.0. The van der Waals surface area contributed by atoms with E-state index in [1.54, 1.807) is 5.32 Å². The van der Waals surface area contributed by atoms with Crippen LogP contribution in [0.25, 0.3) is 0 Å². The second kappa shape index (κ2) is 4.86. The number of alkyl halides is 3. The van der Waals surface area contributed by atoms with Crippen molar-refractivity contribution in [1.82, 2.24) is 5.32 Å². The first kappa shape index (κ1) is 13.0. The van der Waals surface area contributed by atoms with Gasteiger partial charge in [0.05, 0.1) is 5.56 Å². The van der Waals surface area contributed by atoms with Gasteiger partial charge in [-0.05, 0) is 17.7 Å². The van der Waals surface area contributed by atoms with E-state index in [2.05, 4.69) is 0 Å². The summed E-state index contributed by atoms with van der Waals surface area (Å²) in [4.78, 5) is 21.1. The Morgan fingerprint density at radius 1 is 1.29 bits per heavy atom. The maximum absolute atomic E-state index is 11.9. The third kappa shape index (κ3) is 3.78. The quantitative estimate of drug-likeness (QED) is 0.851. The molecule has 1 aromatic rings. The average molecular weight is 247 g/mol. The molecule has 0 aromatic heterocycles. The summed E-state index contributed by atoms with van der Waals surface area (Å²) in [6.45, 7) is -0.376. The van der Waals surface area contributed by atoms with Crippen LogP contribution >= 0.6 is 0 Å². The van der Waals surface area contributed by atoms with Crippen LogP contribution in [0, 0.1) is 0 Å². The minimum atomic E-state index is -4.94. The van der Waals surface area contributed by atoms with Crippen LogP contribution in [-0.2, 0) is 11.3 Å². The molecule has 0 atom stereocenters. The van der Waals surface area contributed by atoms with Crippen molar-refractivity contribution in [1.29, 1.82) is 0 Å². The number of nitrogens with one attached hydrogen (secondary N) is 1. The Hall–Kier alpha value is -2.05. The van der Waals surface area contributed by atoms with Gasteiger partial charge >= 0.3 is 18.1 Å². The van der Waals surface area contributed by atoms with E-state index < -0.39 is 18.1 Å². The molecule has 1 aromatic carbocycles. The first-order valence-electron chi connectivity index (χ1n) is 4.48. The fraction of sp³-hybridized carbons (Fsp3) is 0.200. The maximum atomic E-state index is 11.9. The van der Waals surface area contributed by atoms with Gasteiger partial charge in [0.15, 0.2) is 0 Å². The van der Waals surface area contributed by atoms with Crippen molar-refractivity contribution in [3.05, 3.63) is 35.4 Å². The molecule has 0 fully saturated rings. The summed E-state index contributed by atoms with van der Waals surface area (Å²) >= 11 is 0. The lowest BCUT2D eigenvalue weighted by molar-refractivity contribution is -0.173. The van der Waals surface area contributed by atoms with Gasteiger partial charge in [-0.2, -0.15) is 13.2 Å². The maximum Gasteiger partial charge on any atom is 0.471 e. The fourth-order valence-corrected chi connectivity index (χ4v) is 1.10. The molecule has 0 heterocycles. The molecular weight excluding hydrogens is 239 g/mol. The SMILES string of the molecule is O=C(O)c1cccc(CNC(=O)C(F)(F)F)c1. The van der Waals surface area contributed by atoms with Crippen LogP contribution in [-0.4, -0.2) is 23.2 Å². The van der Waals surface area contributed by atoms with Gasteiger partial charge in [-0.1, -0.05) is 12.1 Å². The van der Waals surface area contributed by atoms with Crippen LogP contribution in [0.5, 0.6) is 0 Å². The van der Waals surface area contributed by atoms with Crippen molar-refractivity contribution in [2.24, 2.45) is 0 Å². The van der Waals surface area contributed by atoms with Crippen LogP contribution in [0.4, 0.5) is 13.2 Å². The molecule has 0 saturated heterocycles. The topological polar surface area (TPSA) is 66.4 Å². The van der Waals surface area contributed by atoms with E-state index in [-0.39, 0.29) is 17.7 Å². The predicted octanol–water partition coefficient (Wildman–Crippen LogP) is 1.56. The Bertz CT molecular complexity index is 443. The average Bonchev–Trinajstić information content (AvgIpc) is 2.25. The Balaban J connectivity index is 2.67. The zero-order valence-electron chi connectivity index (χ0n) is 8.41. The van der Waals surface area contributed by atoms with Crippen molar-refractivity contribution in [3.8, 4) is 0 Å². The van der Waals surface area contributed by atoms with E-state index in [1.807, 2.05) is 0 Å². The molecule has 0 aliphatic rings. The highest BCUT2D eigenvalue weighted by atomic mass is 19.4. The first-order valence-corrected chi connectivity index (χ1v) is 4.48. The zero-order chi connectivity index (χ0) is 13.1. The van der Waals surface area contributed by atoms with E-state index in [4.69, 9.17) is 5.11 Å². The molecule has 0 aliphatic heterocycles. The van der Waals surface area contributed by atoms with Gasteiger partial charge in [0.1, 0.15) is 0 Å². The molecule has 92 valence electrons.